The fourth-order valence-corrected chi connectivity index (χ4v) is 2.02. The SMILES string of the molecule is O=C(NCCC1CC1)c1ccc(C#CCO)c(Cl)c1. The van der Waals surface area contributed by atoms with Crippen molar-refractivity contribution in [3.8, 4) is 11.8 Å². The zero-order valence-electron chi connectivity index (χ0n) is 10.6. The third kappa shape index (κ3) is 4.27. The minimum absolute atomic E-state index is 0.107. The van der Waals surface area contributed by atoms with Crippen LogP contribution < -0.4 is 5.32 Å². The predicted molar refractivity (Wildman–Crippen MR) is 75.1 cm³/mol. The van der Waals surface area contributed by atoms with E-state index < -0.39 is 0 Å². The third-order valence-corrected chi connectivity index (χ3v) is 3.38. The summed E-state index contributed by atoms with van der Waals surface area (Å²) in [5.41, 5.74) is 1.15. The van der Waals surface area contributed by atoms with Crippen LogP contribution >= 0.6 is 11.6 Å². The second-order valence-electron chi connectivity index (χ2n) is 4.64. The summed E-state index contributed by atoms with van der Waals surface area (Å²) in [5.74, 6) is 5.96. The smallest absolute Gasteiger partial charge is 0.251 e. The minimum atomic E-state index is -0.209. The Bertz CT molecular complexity index is 527. The van der Waals surface area contributed by atoms with Crippen LogP contribution in [0.5, 0.6) is 0 Å². The molecule has 0 saturated heterocycles. The van der Waals surface area contributed by atoms with Crippen molar-refractivity contribution < 1.29 is 9.90 Å². The van der Waals surface area contributed by atoms with Gasteiger partial charge in [-0.2, -0.15) is 0 Å². The molecule has 1 amide bonds. The zero-order chi connectivity index (χ0) is 13.7. The Morgan fingerprint density at radius 1 is 1.47 bits per heavy atom. The van der Waals surface area contributed by atoms with Gasteiger partial charge in [-0.05, 0) is 30.5 Å². The van der Waals surface area contributed by atoms with E-state index in [1.807, 2.05) is 0 Å². The van der Waals surface area contributed by atoms with Gasteiger partial charge in [0, 0.05) is 17.7 Å². The van der Waals surface area contributed by atoms with E-state index in [0.717, 1.165) is 12.3 Å². The molecule has 0 aliphatic heterocycles. The molecule has 3 nitrogen and oxygen atoms in total. The summed E-state index contributed by atoms with van der Waals surface area (Å²) >= 11 is 6.04. The van der Waals surface area contributed by atoms with Crippen LogP contribution in [0.3, 0.4) is 0 Å². The largest absolute Gasteiger partial charge is 0.384 e. The molecule has 2 rings (SSSR count). The number of amides is 1. The molecule has 1 aromatic rings. The standard InChI is InChI=1S/C15H16ClNO2/c16-14-10-13(6-5-12(14)2-1-9-18)15(19)17-8-7-11-3-4-11/h5-6,10-11,18H,3-4,7-9H2,(H,17,19). The van der Waals surface area contributed by atoms with Crippen LogP contribution in [0.1, 0.15) is 35.2 Å². The lowest BCUT2D eigenvalue weighted by molar-refractivity contribution is 0.0952. The van der Waals surface area contributed by atoms with Gasteiger partial charge in [-0.3, -0.25) is 4.79 Å². The quantitative estimate of drug-likeness (QED) is 0.829. The lowest BCUT2D eigenvalue weighted by atomic mass is 10.1. The first kappa shape index (κ1) is 13.9. The molecule has 0 radical (unpaired) electrons. The fraction of sp³-hybridized carbons (Fsp3) is 0.400. The number of nitrogens with one attached hydrogen (secondary N) is 1. The molecule has 1 saturated carbocycles. The molecule has 1 aliphatic carbocycles. The number of aliphatic hydroxyl groups excluding tert-OH is 1. The molecule has 0 bridgehead atoms. The normalized spacial score (nSPS) is 13.6. The van der Waals surface area contributed by atoms with E-state index in [-0.39, 0.29) is 12.5 Å². The van der Waals surface area contributed by atoms with E-state index in [1.165, 1.54) is 12.8 Å². The van der Waals surface area contributed by atoms with Crippen molar-refractivity contribution in [1.29, 1.82) is 0 Å². The molecule has 1 fully saturated rings. The highest BCUT2D eigenvalue weighted by Gasteiger charge is 2.20. The van der Waals surface area contributed by atoms with Crippen LogP contribution in [0.4, 0.5) is 0 Å². The van der Waals surface area contributed by atoms with Gasteiger partial charge in [0.25, 0.3) is 5.91 Å². The molecule has 0 spiro atoms. The average molecular weight is 278 g/mol. The summed E-state index contributed by atoms with van der Waals surface area (Å²) in [6, 6.07) is 5.00. The Hall–Kier alpha value is -1.50. The summed E-state index contributed by atoms with van der Waals surface area (Å²) in [6.45, 7) is 0.507. The van der Waals surface area contributed by atoms with E-state index in [1.54, 1.807) is 18.2 Å². The van der Waals surface area contributed by atoms with Gasteiger partial charge in [0.05, 0.1) is 5.02 Å². The molecule has 0 aromatic heterocycles. The highest BCUT2D eigenvalue weighted by atomic mass is 35.5. The Morgan fingerprint density at radius 2 is 2.26 bits per heavy atom. The molecular weight excluding hydrogens is 262 g/mol. The minimum Gasteiger partial charge on any atom is -0.384 e. The monoisotopic (exact) mass is 277 g/mol. The summed E-state index contributed by atoms with van der Waals surface area (Å²) in [7, 11) is 0. The highest BCUT2D eigenvalue weighted by molar-refractivity contribution is 6.32. The second kappa shape index (κ2) is 6.60. The molecule has 0 atom stereocenters. The van der Waals surface area contributed by atoms with Gasteiger partial charge in [-0.25, -0.2) is 0 Å². The van der Waals surface area contributed by atoms with Crippen LogP contribution in [0.15, 0.2) is 18.2 Å². The van der Waals surface area contributed by atoms with Crippen LogP contribution in [0.2, 0.25) is 5.02 Å². The molecule has 0 heterocycles. The Kier molecular flexibility index (Phi) is 4.84. The van der Waals surface area contributed by atoms with Gasteiger partial charge >= 0.3 is 0 Å². The first-order valence-electron chi connectivity index (χ1n) is 6.38. The van der Waals surface area contributed by atoms with E-state index >= 15 is 0 Å². The molecule has 0 unspecified atom stereocenters. The molecule has 1 aromatic carbocycles. The highest BCUT2D eigenvalue weighted by Crippen LogP contribution is 2.31. The number of benzene rings is 1. The molecule has 1 aliphatic rings. The summed E-state index contributed by atoms with van der Waals surface area (Å²) in [6.07, 6.45) is 3.64. The van der Waals surface area contributed by atoms with Gasteiger partial charge in [0.1, 0.15) is 6.61 Å². The summed E-state index contributed by atoms with van der Waals surface area (Å²) in [4.78, 5) is 11.9. The number of hydrogen-bond donors (Lipinski definition) is 2. The van der Waals surface area contributed by atoms with Crippen molar-refractivity contribution in [2.45, 2.75) is 19.3 Å². The van der Waals surface area contributed by atoms with E-state index in [4.69, 9.17) is 16.7 Å². The van der Waals surface area contributed by atoms with E-state index in [9.17, 15) is 4.79 Å². The van der Waals surface area contributed by atoms with Crippen molar-refractivity contribution in [1.82, 2.24) is 5.32 Å². The molecule has 4 heteroatoms. The van der Waals surface area contributed by atoms with Gasteiger partial charge in [-0.1, -0.05) is 36.3 Å². The fourth-order valence-electron chi connectivity index (χ4n) is 1.79. The second-order valence-corrected chi connectivity index (χ2v) is 5.05. The number of carbonyl (C=O) groups excluding carboxylic acids is 1. The first-order valence-corrected chi connectivity index (χ1v) is 6.76. The summed E-state index contributed by atoms with van der Waals surface area (Å²) in [5, 5.41) is 11.9. The van der Waals surface area contributed by atoms with Crippen LogP contribution in [0.25, 0.3) is 0 Å². The predicted octanol–water partition coefficient (Wildman–Crippen LogP) is 2.21. The maximum Gasteiger partial charge on any atom is 0.251 e. The number of hydrogen-bond acceptors (Lipinski definition) is 2. The maximum atomic E-state index is 11.9. The van der Waals surface area contributed by atoms with Crippen molar-refractivity contribution in [2.75, 3.05) is 13.2 Å². The summed E-state index contributed by atoms with van der Waals surface area (Å²) < 4.78 is 0. The number of carbonyl (C=O) groups is 1. The average Bonchev–Trinajstić information content (AvgIpc) is 3.21. The molecular formula is C15H16ClNO2. The van der Waals surface area contributed by atoms with Gasteiger partial charge in [-0.15, -0.1) is 0 Å². The van der Waals surface area contributed by atoms with Crippen LogP contribution in [0, 0.1) is 17.8 Å². The van der Waals surface area contributed by atoms with Crippen molar-refractivity contribution in [2.24, 2.45) is 5.92 Å². The Balaban J connectivity index is 1.95. The lowest BCUT2D eigenvalue weighted by Gasteiger charge is -2.05. The van der Waals surface area contributed by atoms with Gasteiger partial charge in [0.2, 0.25) is 0 Å². The van der Waals surface area contributed by atoms with Crippen molar-refractivity contribution in [3.63, 3.8) is 0 Å². The van der Waals surface area contributed by atoms with E-state index in [2.05, 4.69) is 17.2 Å². The first-order chi connectivity index (χ1) is 9.20. The number of rotatable bonds is 4. The Labute approximate surface area is 118 Å². The molecule has 100 valence electrons. The number of aliphatic hydroxyl groups is 1. The molecule has 2 N–H and O–H groups in total. The lowest BCUT2D eigenvalue weighted by Crippen LogP contribution is -2.24. The van der Waals surface area contributed by atoms with E-state index in [0.29, 0.717) is 22.7 Å². The Morgan fingerprint density at radius 3 is 2.89 bits per heavy atom. The maximum absolute atomic E-state index is 11.9. The number of halogens is 1. The van der Waals surface area contributed by atoms with Gasteiger partial charge < -0.3 is 10.4 Å². The van der Waals surface area contributed by atoms with Crippen LogP contribution in [-0.4, -0.2) is 24.2 Å². The van der Waals surface area contributed by atoms with Gasteiger partial charge in [0.15, 0.2) is 0 Å². The zero-order valence-corrected chi connectivity index (χ0v) is 11.3. The topological polar surface area (TPSA) is 49.3 Å². The van der Waals surface area contributed by atoms with Crippen molar-refractivity contribution >= 4 is 17.5 Å². The van der Waals surface area contributed by atoms with Crippen molar-refractivity contribution in [3.05, 3.63) is 34.3 Å². The molecule has 19 heavy (non-hydrogen) atoms. The third-order valence-electron chi connectivity index (χ3n) is 3.07. The van der Waals surface area contributed by atoms with Crippen LogP contribution in [-0.2, 0) is 0 Å².